The molecule has 5 heteroatoms. The lowest BCUT2D eigenvalue weighted by Crippen LogP contribution is -2.40. The zero-order valence-electron chi connectivity index (χ0n) is 31.1. The number of hydrogen-bond donors (Lipinski definition) is 0. The van der Waals surface area contributed by atoms with Crippen molar-refractivity contribution in [3.8, 4) is 0 Å². The third kappa shape index (κ3) is 26.0. The van der Waals surface area contributed by atoms with E-state index in [4.69, 9.17) is 9.47 Å². The Morgan fingerprint density at radius 3 is 1.27 bits per heavy atom. The Morgan fingerprint density at radius 1 is 0.489 bits per heavy atom. The van der Waals surface area contributed by atoms with Crippen molar-refractivity contribution in [3.63, 3.8) is 0 Å². The highest BCUT2D eigenvalue weighted by atomic mass is 16.5. The summed E-state index contributed by atoms with van der Waals surface area (Å²) in [4.78, 5) is 18.2. The minimum absolute atomic E-state index is 0.0114. The number of rotatable bonds is 33. The van der Waals surface area contributed by atoms with Crippen LogP contribution >= 0.6 is 0 Å². The molecule has 1 aliphatic rings. The van der Waals surface area contributed by atoms with Crippen LogP contribution in [0.5, 0.6) is 0 Å². The van der Waals surface area contributed by atoms with E-state index >= 15 is 0 Å². The molecule has 1 fully saturated rings. The summed E-state index contributed by atoms with van der Waals surface area (Å²) in [5.41, 5.74) is 0. The molecule has 0 aliphatic heterocycles. The Kier molecular flexibility index (Phi) is 30.1. The molecule has 0 bridgehead atoms. The Morgan fingerprint density at radius 2 is 0.844 bits per heavy atom. The van der Waals surface area contributed by atoms with E-state index < -0.39 is 0 Å². The van der Waals surface area contributed by atoms with Crippen molar-refractivity contribution in [1.82, 2.24) is 9.80 Å². The summed E-state index contributed by atoms with van der Waals surface area (Å²) in [6.07, 6.45) is 33.0. The number of esters is 1. The molecule has 268 valence electrons. The fraction of sp³-hybridized carbons (Fsp3) is 0.975. The summed E-state index contributed by atoms with van der Waals surface area (Å²) < 4.78 is 11.3. The van der Waals surface area contributed by atoms with Crippen LogP contribution in [0.15, 0.2) is 0 Å². The van der Waals surface area contributed by atoms with Gasteiger partial charge in [-0.25, -0.2) is 0 Å². The van der Waals surface area contributed by atoms with Crippen LogP contribution in [0.3, 0.4) is 0 Å². The standard InChI is InChI=1S/C40H80N2O3/c1-5-8-11-14-17-20-23-30-41(31-24-21-18-15-12-9-6-2)33-34-42(32-25-22-19-16-13-10-7-3)35-40(43)45-37-39-28-26-38(27-29-39)36-44-4/h38-39H,5-37H2,1-4H3. The van der Waals surface area contributed by atoms with Gasteiger partial charge in [-0.05, 0) is 76.4 Å². The lowest BCUT2D eigenvalue weighted by Gasteiger charge is -2.29. The van der Waals surface area contributed by atoms with Crippen molar-refractivity contribution in [2.75, 3.05) is 59.6 Å². The van der Waals surface area contributed by atoms with E-state index in [1.807, 2.05) is 0 Å². The molecule has 0 atom stereocenters. The number of carbonyl (C=O) groups excluding carboxylic acids is 1. The summed E-state index contributed by atoms with van der Waals surface area (Å²) in [7, 11) is 1.80. The Bertz CT molecular complexity index is 605. The van der Waals surface area contributed by atoms with Crippen molar-refractivity contribution in [2.45, 2.75) is 181 Å². The quantitative estimate of drug-likeness (QED) is 0.0529. The minimum atomic E-state index is -0.0114. The monoisotopic (exact) mass is 637 g/mol. The van der Waals surface area contributed by atoms with Gasteiger partial charge in [0.2, 0.25) is 0 Å². The van der Waals surface area contributed by atoms with E-state index in [1.165, 1.54) is 161 Å². The number of unbranched alkanes of at least 4 members (excludes halogenated alkanes) is 18. The van der Waals surface area contributed by atoms with Gasteiger partial charge in [0, 0.05) is 26.8 Å². The van der Waals surface area contributed by atoms with Gasteiger partial charge in [-0.15, -0.1) is 0 Å². The molecular formula is C40H80N2O3. The molecule has 0 saturated heterocycles. The second kappa shape index (κ2) is 31.9. The summed E-state index contributed by atoms with van der Waals surface area (Å²) in [5, 5.41) is 0. The van der Waals surface area contributed by atoms with E-state index in [9.17, 15) is 4.79 Å². The van der Waals surface area contributed by atoms with Crippen LogP contribution < -0.4 is 0 Å². The molecule has 0 spiro atoms. The second-order valence-corrected chi connectivity index (χ2v) is 14.5. The van der Waals surface area contributed by atoms with Crippen LogP contribution in [0, 0.1) is 11.8 Å². The largest absolute Gasteiger partial charge is 0.464 e. The molecule has 1 aliphatic carbocycles. The number of hydrogen-bond acceptors (Lipinski definition) is 5. The molecule has 0 unspecified atom stereocenters. The van der Waals surface area contributed by atoms with Gasteiger partial charge in [0.1, 0.15) is 0 Å². The predicted octanol–water partition coefficient (Wildman–Crippen LogP) is 10.8. The summed E-state index contributed by atoms with van der Waals surface area (Å²) >= 11 is 0. The van der Waals surface area contributed by atoms with Crippen LogP contribution in [0.25, 0.3) is 0 Å². The van der Waals surface area contributed by atoms with E-state index in [0.29, 0.717) is 25.0 Å². The first-order valence-electron chi connectivity index (χ1n) is 20.2. The molecule has 0 amide bonds. The number of nitrogens with zero attached hydrogens (tertiary/aromatic N) is 2. The normalized spacial score (nSPS) is 17.0. The highest BCUT2D eigenvalue weighted by Crippen LogP contribution is 2.29. The summed E-state index contributed by atoms with van der Waals surface area (Å²) in [5.74, 6) is 1.20. The van der Waals surface area contributed by atoms with Gasteiger partial charge < -0.3 is 14.4 Å². The number of methoxy groups -OCH3 is 1. The molecular weight excluding hydrogens is 556 g/mol. The molecule has 0 aromatic heterocycles. The Hall–Kier alpha value is -0.650. The molecule has 45 heavy (non-hydrogen) atoms. The molecule has 0 aromatic rings. The number of carbonyl (C=O) groups is 1. The first-order valence-corrected chi connectivity index (χ1v) is 20.2. The SMILES string of the molecule is CCCCCCCCCN(CCCCCCCCC)CCN(CCCCCCCCC)CC(=O)OCC1CCC(COC)CC1. The maximum atomic E-state index is 13.1. The molecule has 0 N–H and O–H groups in total. The first-order chi connectivity index (χ1) is 22.1. The minimum Gasteiger partial charge on any atom is -0.464 e. The van der Waals surface area contributed by atoms with E-state index in [0.717, 1.165) is 39.1 Å². The highest BCUT2D eigenvalue weighted by Gasteiger charge is 2.23. The number of ether oxygens (including phenoxy) is 2. The van der Waals surface area contributed by atoms with Crippen LogP contribution in [0.1, 0.15) is 181 Å². The van der Waals surface area contributed by atoms with Crippen molar-refractivity contribution in [2.24, 2.45) is 11.8 Å². The fourth-order valence-electron chi connectivity index (χ4n) is 7.01. The molecule has 1 rings (SSSR count). The first kappa shape index (κ1) is 42.4. The van der Waals surface area contributed by atoms with Crippen molar-refractivity contribution < 1.29 is 14.3 Å². The van der Waals surface area contributed by atoms with Gasteiger partial charge in [-0.3, -0.25) is 9.69 Å². The zero-order valence-corrected chi connectivity index (χ0v) is 31.1. The summed E-state index contributed by atoms with van der Waals surface area (Å²) in [6.45, 7) is 14.3. The Labute approximate surface area is 282 Å². The highest BCUT2D eigenvalue weighted by molar-refractivity contribution is 5.71. The maximum Gasteiger partial charge on any atom is 0.320 e. The van der Waals surface area contributed by atoms with Crippen molar-refractivity contribution >= 4 is 5.97 Å². The van der Waals surface area contributed by atoms with E-state index in [2.05, 4.69) is 30.6 Å². The third-order valence-corrected chi connectivity index (χ3v) is 10.2. The van der Waals surface area contributed by atoms with Gasteiger partial charge in [0.25, 0.3) is 0 Å². The average Bonchev–Trinajstić information content (AvgIpc) is 3.05. The molecule has 0 aromatic carbocycles. The lowest BCUT2D eigenvalue weighted by atomic mass is 9.83. The lowest BCUT2D eigenvalue weighted by molar-refractivity contribution is -0.146. The summed E-state index contributed by atoms with van der Waals surface area (Å²) in [6, 6.07) is 0. The molecule has 0 radical (unpaired) electrons. The smallest absolute Gasteiger partial charge is 0.320 e. The van der Waals surface area contributed by atoms with Gasteiger partial charge in [0.05, 0.1) is 13.2 Å². The zero-order chi connectivity index (χ0) is 32.6. The van der Waals surface area contributed by atoms with E-state index in [-0.39, 0.29) is 5.97 Å². The molecule has 0 heterocycles. The van der Waals surface area contributed by atoms with Crippen LogP contribution in [0.4, 0.5) is 0 Å². The van der Waals surface area contributed by atoms with Gasteiger partial charge in [-0.1, -0.05) is 136 Å². The van der Waals surface area contributed by atoms with Crippen LogP contribution in [-0.4, -0.2) is 75.4 Å². The third-order valence-electron chi connectivity index (χ3n) is 10.2. The topological polar surface area (TPSA) is 42.0 Å². The van der Waals surface area contributed by atoms with E-state index in [1.54, 1.807) is 7.11 Å². The van der Waals surface area contributed by atoms with Gasteiger partial charge in [0.15, 0.2) is 0 Å². The van der Waals surface area contributed by atoms with Gasteiger partial charge >= 0.3 is 5.97 Å². The van der Waals surface area contributed by atoms with Crippen LogP contribution in [0.2, 0.25) is 0 Å². The maximum absolute atomic E-state index is 13.1. The fourth-order valence-corrected chi connectivity index (χ4v) is 7.01. The molecule has 1 saturated carbocycles. The van der Waals surface area contributed by atoms with Crippen molar-refractivity contribution in [1.29, 1.82) is 0 Å². The second-order valence-electron chi connectivity index (χ2n) is 14.5. The van der Waals surface area contributed by atoms with Crippen molar-refractivity contribution in [3.05, 3.63) is 0 Å². The van der Waals surface area contributed by atoms with Gasteiger partial charge in [-0.2, -0.15) is 0 Å². The average molecular weight is 637 g/mol. The Balaban J connectivity index is 2.57. The molecule has 5 nitrogen and oxygen atoms in total. The predicted molar refractivity (Wildman–Crippen MR) is 195 cm³/mol. The van der Waals surface area contributed by atoms with Crippen LogP contribution in [-0.2, 0) is 14.3 Å².